The van der Waals surface area contributed by atoms with E-state index in [1.807, 2.05) is 6.92 Å². The van der Waals surface area contributed by atoms with Gasteiger partial charge in [0.15, 0.2) is 0 Å². The maximum absolute atomic E-state index is 9.80. The fraction of sp³-hybridized carbons (Fsp3) is 0.500. The van der Waals surface area contributed by atoms with Crippen LogP contribution in [0.1, 0.15) is 36.8 Å². The summed E-state index contributed by atoms with van der Waals surface area (Å²) >= 11 is 0. The van der Waals surface area contributed by atoms with Crippen LogP contribution in [0.5, 0.6) is 0 Å². The van der Waals surface area contributed by atoms with Gasteiger partial charge in [-0.2, -0.15) is 0 Å². The second-order valence-electron chi connectivity index (χ2n) is 3.82. The Labute approximate surface area is 79.4 Å². The number of fused-ring (bicyclic) bond motifs is 1. The smallest absolute Gasteiger partial charge is 0.0606 e. The van der Waals surface area contributed by atoms with E-state index in [4.69, 9.17) is 0 Å². The zero-order valence-electron chi connectivity index (χ0n) is 8.03. The molecule has 1 heteroatoms. The van der Waals surface area contributed by atoms with Crippen LogP contribution in [0, 0.1) is 0 Å². The van der Waals surface area contributed by atoms with Crippen molar-refractivity contribution in [2.24, 2.45) is 0 Å². The van der Waals surface area contributed by atoms with Gasteiger partial charge in [-0.25, -0.2) is 0 Å². The molecule has 0 saturated carbocycles. The van der Waals surface area contributed by atoms with Gasteiger partial charge < -0.3 is 5.11 Å². The van der Waals surface area contributed by atoms with Crippen molar-refractivity contribution in [3.8, 4) is 0 Å². The Bertz CT molecular complexity index is 293. The topological polar surface area (TPSA) is 20.2 Å². The number of benzene rings is 1. The maximum atomic E-state index is 9.80. The summed E-state index contributed by atoms with van der Waals surface area (Å²) in [6.45, 7) is 2.05. The molecule has 1 nitrogen and oxygen atoms in total. The van der Waals surface area contributed by atoms with E-state index < -0.39 is 0 Å². The minimum Gasteiger partial charge on any atom is -0.393 e. The first kappa shape index (κ1) is 8.76. The third-order valence-electron chi connectivity index (χ3n) is 3.06. The Kier molecular flexibility index (Phi) is 2.36. The lowest BCUT2D eigenvalue weighted by molar-refractivity contribution is 0.139. The Morgan fingerprint density at radius 3 is 3.00 bits per heavy atom. The first-order valence-electron chi connectivity index (χ1n) is 5.08. The Hall–Kier alpha value is -0.820. The van der Waals surface area contributed by atoms with Crippen molar-refractivity contribution in [1.29, 1.82) is 0 Å². The van der Waals surface area contributed by atoms with Gasteiger partial charge in [0.25, 0.3) is 0 Å². The molecule has 0 amide bonds. The fourth-order valence-electron chi connectivity index (χ4n) is 2.27. The zero-order chi connectivity index (χ0) is 9.26. The summed E-state index contributed by atoms with van der Waals surface area (Å²) in [6, 6.07) is 8.49. The number of aryl methyl sites for hydroxylation is 1. The van der Waals surface area contributed by atoms with E-state index in [1.54, 1.807) is 0 Å². The lowest BCUT2D eigenvalue weighted by Crippen LogP contribution is -2.14. The van der Waals surface area contributed by atoms with Crippen LogP contribution in [0.15, 0.2) is 24.3 Å². The van der Waals surface area contributed by atoms with Gasteiger partial charge in [0.05, 0.1) is 6.10 Å². The van der Waals surface area contributed by atoms with E-state index in [0.29, 0.717) is 5.92 Å². The van der Waals surface area contributed by atoms with Crippen LogP contribution in [0.3, 0.4) is 0 Å². The molecule has 2 rings (SSSR count). The van der Waals surface area contributed by atoms with Gasteiger partial charge in [0.2, 0.25) is 0 Å². The number of hydrogen-bond donors (Lipinski definition) is 1. The van der Waals surface area contributed by atoms with Crippen molar-refractivity contribution < 1.29 is 5.11 Å². The largest absolute Gasteiger partial charge is 0.393 e. The Morgan fingerprint density at radius 1 is 1.46 bits per heavy atom. The van der Waals surface area contributed by atoms with Crippen molar-refractivity contribution in [2.45, 2.75) is 38.2 Å². The second kappa shape index (κ2) is 3.51. The summed E-state index contributed by atoms with van der Waals surface area (Å²) in [6.07, 6.45) is 2.97. The highest BCUT2D eigenvalue weighted by molar-refractivity contribution is 5.35. The molecule has 1 N–H and O–H groups in total. The van der Waals surface area contributed by atoms with Gasteiger partial charge in [-0.15, -0.1) is 0 Å². The monoisotopic (exact) mass is 176 g/mol. The summed E-state index contributed by atoms with van der Waals surface area (Å²) in [5, 5.41) is 9.80. The van der Waals surface area contributed by atoms with Crippen LogP contribution in [-0.2, 0) is 6.42 Å². The molecule has 0 bridgehead atoms. The highest BCUT2D eigenvalue weighted by atomic mass is 16.3. The Morgan fingerprint density at radius 2 is 2.23 bits per heavy atom. The highest BCUT2D eigenvalue weighted by Crippen LogP contribution is 2.35. The molecular weight excluding hydrogens is 160 g/mol. The highest BCUT2D eigenvalue weighted by Gasteiger charge is 2.26. The normalized spacial score (nSPS) is 22.8. The number of aliphatic hydroxyl groups excluding tert-OH is 1. The predicted octanol–water partition coefficient (Wildman–Crippen LogP) is 2.49. The molecule has 1 aliphatic carbocycles. The standard InChI is InChI=1S/C12H16O/c1-2-12(13)11-8-7-9-5-3-4-6-10(9)11/h3-6,11-13H,2,7-8H2,1H3/t11?,12-/m0/s1. The van der Waals surface area contributed by atoms with Crippen LogP contribution in [0.4, 0.5) is 0 Å². The van der Waals surface area contributed by atoms with Crippen molar-refractivity contribution in [3.63, 3.8) is 0 Å². The average Bonchev–Trinajstić information content (AvgIpc) is 2.60. The van der Waals surface area contributed by atoms with Crippen molar-refractivity contribution in [2.75, 3.05) is 0 Å². The molecule has 0 spiro atoms. The number of hydrogen-bond acceptors (Lipinski definition) is 1. The zero-order valence-corrected chi connectivity index (χ0v) is 8.03. The molecule has 0 saturated heterocycles. The van der Waals surface area contributed by atoms with E-state index in [0.717, 1.165) is 19.3 Å². The van der Waals surface area contributed by atoms with Crippen LogP contribution in [0.25, 0.3) is 0 Å². The van der Waals surface area contributed by atoms with Crippen LogP contribution < -0.4 is 0 Å². The molecule has 1 aliphatic rings. The summed E-state index contributed by atoms with van der Waals surface area (Å²) in [5.41, 5.74) is 2.80. The minimum absolute atomic E-state index is 0.149. The minimum atomic E-state index is -0.149. The van der Waals surface area contributed by atoms with Crippen LogP contribution >= 0.6 is 0 Å². The van der Waals surface area contributed by atoms with Gasteiger partial charge in [-0.1, -0.05) is 31.2 Å². The summed E-state index contributed by atoms with van der Waals surface area (Å²) in [4.78, 5) is 0. The molecule has 70 valence electrons. The molecule has 1 aromatic rings. The van der Waals surface area contributed by atoms with Gasteiger partial charge in [0, 0.05) is 5.92 Å². The van der Waals surface area contributed by atoms with Crippen LogP contribution in [0.2, 0.25) is 0 Å². The predicted molar refractivity (Wildman–Crippen MR) is 53.8 cm³/mol. The summed E-state index contributed by atoms with van der Waals surface area (Å²) in [5.74, 6) is 0.390. The lowest BCUT2D eigenvalue weighted by atomic mass is 9.94. The molecule has 1 aromatic carbocycles. The quantitative estimate of drug-likeness (QED) is 0.734. The SMILES string of the molecule is CC[C@H](O)C1CCc2ccccc21. The van der Waals surface area contributed by atoms with Gasteiger partial charge >= 0.3 is 0 Å². The molecule has 0 fully saturated rings. The van der Waals surface area contributed by atoms with E-state index in [-0.39, 0.29) is 6.10 Å². The summed E-state index contributed by atoms with van der Waals surface area (Å²) in [7, 11) is 0. The number of aliphatic hydroxyl groups is 1. The lowest BCUT2D eigenvalue weighted by Gasteiger charge is -2.17. The summed E-state index contributed by atoms with van der Waals surface area (Å²) < 4.78 is 0. The van der Waals surface area contributed by atoms with Crippen molar-refractivity contribution in [3.05, 3.63) is 35.4 Å². The first-order valence-corrected chi connectivity index (χ1v) is 5.08. The van der Waals surface area contributed by atoms with E-state index in [1.165, 1.54) is 11.1 Å². The van der Waals surface area contributed by atoms with Crippen molar-refractivity contribution >= 4 is 0 Å². The molecule has 0 aliphatic heterocycles. The molecule has 1 unspecified atom stereocenters. The fourth-order valence-corrected chi connectivity index (χ4v) is 2.27. The molecule has 0 aromatic heterocycles. The van der Waals surface area contributed by atoms with Crippen molar-refractivity contribution in [1.82, 2.24) is 0 Å². The first-order chi connectivity index (χ1) is 6.33. The number of rotatable bonds is 2. The van der Waals surface area contributed by atoms with E-state index in [2.05, 4.69) is 24.3 Å². The second-order valence-corrected chi connectivity index (χ2v) is 3.82. The van der Waals surface area contributed by atoms with Gasteiger partial charge in [-0.3, -0.25) is 0 Å². The molecule has 0 heterocycles. The molecular formula is C12H16O. The van der Waals surface area contributed by atoms with E-state index >= 15 is 0 Å². The molecule has 0 radical (unpaired) electrons. The third-order valence-corrected chi connectivity index (χ3v) is 3.06. The molecule has 2 atom stereocenters. The van der Waals surface area contributed by atoms with E-state index in [9.17, 15) is 5.11 Å². The maximum Gasteiger partial charge on any atom is 0.0606 e. The third kappa shape index (κ3) is 1.49. The van der Waals surface area contributed by atoms with Gasteiger partial charge in [0.1, 0.15) is 0 Å². The Balaban J connectivity index is 2.28. The van der Waals surface area contributed by atoms with Crippen LogP contribution in [-0.4, -0.2) is 11.2 Å². The molecule has 13 heavy (non-hydrogen) atoms. The average molecular weight is 176 g/mol. The van der Waals surface area contributed by atoms with Gasteiger partial charge in [-0.05, 0) is 30.4 Å².